The Labute approximate surface area is 130 Å². The minimum absolute atomic E-state index is 0. The zero-order valence-electron chi connectivity index (χ0n) is 12.6. The summed E-state index contributed by atoms with van der Waals surface area (Å²) in [7, 11) is 0. The van der Waals surface area contributed by atoms with Crippen molar-refractivity contribution in [1.82, 2.24) is 0 Å². The Morgan fingerprint density at radius 2 is 1.53 bits per heavy atom. The molecular weight excluding hydrogens is 223 g/mol. The van der Waals surface area contributed by atoms with Crippen LogP contribution >= 0.6 is 0 Å². The van der Waals surface area contributed by atoms with Gasteiger partial charge in [-0.1, -0.05) is 51.2 Å². The Bertz CT molecular complexity index is 196. The summed E-state index contributed by atoms with van der Waals surface area (Å²) in [6.07, 6.45) is 15.4. The number of rotatable bonds is 11. The third-order valence-electron chi connectivity index (χ3n) is 2.65. The van der Waals surface area contributed by atoms with Crippen LogP contribution in [0, 0.1) is 0 Å². The molecule has 0 saturated heterocycles. The van der Waals surface area contributed by atoms with E-state index in [0.29, 0.717) is 6.42 Å². The van der Waals surface area contributed by atoms with Crippen molar-refractivity contribution in [2.45, 2.75) is 71.1 Å². The van der Waals surface area contributed by atoms with E-state index >= 15 is 0 Å². The Kier molecular flexibility index (Phi) is 18.6. The van der Waals surface area contributed by atoms with E-state index < -0.39 is 5.97 Å². The average Bonchev–Trinajstić information content (AvgIpc) is 2.25. The van der Waals surface area contributed by atoms with E-state index in [1.807, 2.05) is 0 Å². The van der Waals surface area contributed by atoms with Crippen LogP contribution in [0.15, 0.2) is 12.2 Å². The quantitative estimate of drug-likeness (QED) is 0.344. The molecule has 0 rings (SSSR count). The Hall–Kier alpha value is 0.210. The maximum Gasteiger partial charge on any atom is 1.00 e. The van der Waals surface area contributed by atoms with E-state index in [9.17, 15) is 4.79 Å². The number of aliphatic carboxylic acids is 1. The molecule has 0 amide bonds. The van der Waals surface area contributed by atoms with Gasteiger partial charge < -0.3 is 6.53 Å². The number of hydrogen-bond acceptors (Lipinski definition) is 1. The second-order valence-electron chi connectivity index (χ2n) is 4.31. The molecule has 3 heteroatoms. The Morgan fingerprint density at radius 3 is 2.12 bits per heavy atom. The minimum atomic E-state index is -0.668. The fourth-order valence-corrected chi connectivity index (χ4v) is 1.63. The van der Waals surface area contributed by atoms with Crippen molar-refractivity contribution in [3.63, 3.8) is 0 Å². The van der Waals surface area contributed by atoms with Crippen molar-refractivity contribution in [1.29, 1.82) is 0 Å². The van der Waals surface area contributed by atoms with Crippen LogP contribution in [0.4, 0.5) is 0 Å². The van der Waals surface area contributed by atoms with Crippen LogP contribution < -0.4 is 29.6 Å². The summed E-state index contributed by atoms with van der Waals surface area (Å²) in [5.41, 5.74) is 0. The molecule has 17 heavy (non-hydrogen) atoms. The molecule has 0 radical (unpaired) electrons. The van der Waals surface area contributed by atoms with Crippen molar-refractivity contribution in [3.8, 4) is 0 Å². The molecule has 0 bridgehead atoms. The predicted octanol–water partition coefficient (Wildman–Crippen LogP) is 1.66. The molecule has 0 fully saturated rings. The van der Waals surface area contributed by atoms with Gasteiger partial charge in [0, 0.05) is 6.42 Å². The molecule has 0 atom stereocenters. The third kappa shape index (κ3) is 18.8. The van der Waals surface area contributed by atoms with Gasteiger partial charge in [-0.2, -0.15) is 0 Å². The molecule has 0 aliphatic rings. The van der Waals surface area contributed by atoms with Crippen LogP contribution in [-0.4, -0.2) is 11.1 Å². The van der Waals surface area contributed by atoms with Gasteiger partial charge in [-0.3, -0.25) is 4.79 Å². The van der Waals surface area contributed by atoms with Gasteiger partial charge in [-0.05, 0) is 25.7 Å². The fraction of sp³-hybridized carbons (Fsp3) is 0.786. The first-order valence-electron chi connectivity index (χ1n) is 6.64. The van der Waals surface area contributed by atoms with Gasteiger partial charge in [-0.25, -0.2) is 0 Å². The molecular formula is C14H27NaO2. The topological polar surface area (TPSA) is 37.3 Å². The maximum atomic E-state index is 10.3. The monoisotopic (exact) mass is 250 g/mol. The molecule has 0 aromatic rings. The number of carboxylic acids is 1. The molecule has 1 N–H and O–H groups in total. The Morgan fingerprint density at radius 1 is 1.00 bits per heavy atom. The van der Waals surface area contributed by atoms with Gasteiger partial charge in [0.1, 0.15) is 0 Å². The number of carboxylic acid groups (broad SMARTS) is 1. The third-order valence-corrected chi connectivity index (χ3v) is 2.65. The van der Waals surface area contributed by atoms with Gasteiger partial charge in [0.15, 0.2) is 0 Å². The zero-order valence-corrected chi connectivity index (χ0v) is 13.6. The zero-order chi connectivity index (χ0) is 12.1. The normalized spacial score (nSPS) is 10.4. The summed E-state index contributed by atoms with van der Waals surface area (Å²) < 4.78 is 0. The van der Waals surface area contributed by atoms with Gasteiger partial charge in [-0.15, -0.1) is 0 Å². The molecule has 0 aromatic heterocycles. The van der Waals surface area contributed by atoms with Crippen LogP contribution in [0.2, 0.25) is 0 Å². The molecule has 0 aromatic carbocycles. The number of allylic oxidation sites excluding steroid dienone is 2. The van der Waals surface area contributed by atoms with Crippen LogP contribution in [0.25, 0.3) is 0 Å². The number of carbonyl (C=O) groups is 1. The summed E-state index contributed by atoms with van der Waals surface area (Å²) in [5.74, 6) is -0.668. The predicted molar refractivity (Wildman–Crippen MR) is 69.7 cm³/mol. The summed E-state index contributed by atoms with van der Waals surface area (Å²) in [6.45, 7) is 2.21. The molecule has 0 heterocycles. The van der Waals surface area contributed by atoms with E-state index in [0.717, 1.165) is 12.8 Å². The number of hydrogen-bond donors (Lipinski definition) is 1. The van der Waals surface area contributed by atoms with E-state index in [1.165, 1.54) is 44.9 Å². The van der Waals surface area contributed by atoms with Crippen molar-refractivity contribution in [3.05, 3.63) is 12.2 Å². The molecule has 96 valence electrons. The molecule has 0 unspecified atom stereocenters. The Balaban J connectivity index is -0.00000112. The number of unbranched alkanes of at least 4 members (excludes halogenated alkanes) is 7. The summed E-state index contributed by atoms with van der Waals surface area (Å²) in [6, 6.07) is 0. The molecule has 0 spiro atoms. The minimum Gasteiger partial charge on any atom is -1.00 e. The second-order valence-corrected chi connectivity index (χ2v) is 4.31. The van der Waals surface area contributed by atoms with Crippen molar-refractivity contribution >= 4 is 5.97 Å². The van der Waals surface area contributed by atoms with E-state index in [2.05, 4.69) is 19.1 Å². The first-order valence-corrected chi connectivity index (χ1v) is 6.64. The van der Waals surface area contributed by atoms with Gasteiger partial charge in [0.25, 0.3) is 0 Å². The van der Waals surface area contributed by atoms with E-state index in [1.54, 1.807) is 0 Å². The van der Waals surface area contributed by atoms with Crippen molar-refractivity contribution < 1.29 is 40.9 Å². The summed E-state index contributed by atoms with van der Waals surface area (Å²) in [4.78, 5) is 10.3. The largest absolute Gasteiger partial charge is 1.00 e. The standard InChI is InChI=1S/C14H26O2.Na.H/c1-2-3-4-5-6-7-8-9-10-11-12-13-14(15)16;;/h5-6H,2-4,7-13H2,1H3,(H,15,16);;/q;+1;-1. The van der Waals surface area contributed by atoms with Crippen LogP contribution in [-0.2, 0) is 4.79 Å². The smallest absolute Gasteiger partial charge is 1.00 e. The van der Waals surface area contributed by atoms with Crippen LogP contribution in [0.3, 0.4) is 0 Å². The second kappa shape index (κ2) is 16.2. The summed E-state index contributed by atoms with van der Waals surface area (Å²) >= 11 is 0. The SMILES string of the molecule is CCCCC=CCCCCCCCC(=O)O.[H-].[Na+]. The maximum absolute atomic E-state index is 10.3. The van der Waals surface area contributed by atoms with Crippen molar-refractivity contribution in [2.75, 3.05) is 0 Å². The van der Waals surface area contributed by atoms with Crippen molar-refractivity contribution in [2.24, 2.45) is 0 Å². The molecule has 2 nitrogen and oxygen atoms in total. The average molecular weight is 250 g/mol. The van der Waals surface area contributed by atoms with Gasteiger partial charge >= 0.3 is 35.5 Å². The molecule has 0 aliphatic heterocycles. The summed E-state index contributed by atoms with van der Waals surface area (Å²) in [5, 5.41) is 8.45. The molecule has 0 saturated carbocycles. The van der Waals surface area contributed by atoms with Gasteiger partial charge in [0.2, 0.25) is 0 Å². The first kappa shape index (κ1) is 19.5. The molecule has 0 aliphatic carbocycles. The van der Waals surface area contributed by atoms with Crippen LogP contribution in [0.5, 0.6) is 0 Å². The van der Waals surface area contributed by atoms with Gasteiger partial charge in [0.05, 0.1) is 0 Å². The first-order chi connectivity index (χ1) is 7.77. The fourth-order valence-electron chi connectivity index (χ4n) is 1.63. The van der Waals surface area contributed by atoms with E-state index in [-0.39, 0.29) is 31.0 Å². The van der Waals surface area contributed by atoms with Crippen LogP contribution in [0.1, 0.15) is 72.6 Å². The van der Waals surface area contributed by atoms with E-state index in [4.69, 9.17) is 5.11 Å².